The Hall–Kier alpha value is -0.690. The van der Waals surface area contributed by atoms with Gasteiger partial charge in [0.05, 0.1) is 12.6 Å². The Balaban J connectivity index is 4.23. The molecule has 0 rings (SSSR count). The number of carbonyl (C=O) groups is 1. The first-order chi connectivity index (χ1) is 9.52. The van der Waals surface area contributed by atoms with Crippen LogP contribution in [0.4, 0.5) is 0 Å². The second-order valence-electron chi connectivity index (χ2n) is 5.22. The molecule has 0 radical (unpaired) electrons. The molecule has 0 aromatic rings. The molecule has 6 nitrogen and oxygen atoms in total. The van der Waals surface area contributed by atoms with E-state index in [2.05, 4.69) is 4.90 Å². The lowest BCUT2D eigenvalue weighted by Crippen LogP contribution is -2.46. The minimum atomic E-state index is -0.443. The molecule has 0 heterocycles. The topological polar surface area (TPSA) is 68.0 Å². The molecule has 0 aliphatic rings. The zero-order chi connectivity index (χ0) is 15.4. The molecule has 0 aromatic carbocycles. The molecule has 0 aromatic heterocycles. The average Bonchev–Trinajstić information content (AvgIpc) is 2.41. The maximum absolute atomic E-state index is 12.3. The van der Waals surface area contributed by atoms with Gasteiger partial charge in [0.1, 0.15) is 0 Å². The number of carbonyl (C=O) groups excluding carboxylic acids is 1. The summed E-state index contributed by atoms with van der Waals surface area (Å²) in [6.45, 7) is 3.45. The van der Waals surface area contributed by atoms with Crippen LogP contribution in [0.3, 0.4) is 0 Å². The van der Waals surface area contributed by atoms with Gasteiger partial charge >= 0.3 is 0 Å². The van der Waals surface area contributed by atoms with E-state index in [1.54, 1.807) is 14.2 Å². The fraction of sp³-hybridized carbons (Fsp3) is 0.929. The highest BCUT2D eigenvalue weighted by molar-refractivity contribution is 5.81. The van der Waals surface area contributed by atoms with Gasteiger partial charge in [0.15, 0.2) is 0 Å². The van der Waals surface area contributed by atoms with E-state index in [-0.39, 0.29) is 5.91 Å². The minimum Gasteiger partial charge on any atom is -0.385 e. The molecular formula is C14H31N3O3. The maximum atomic E-state index is 12.3. The van der Waals surface area contributed by atoms with Gasteiger partial charge in [0, 0.05) is 33.9 Å². The molecule has 120 valence electrons. The largest absolute Gasteiger partial charge is 0.385 e. The van der Waals surface area contributed by atoms with E-state index in [1.165, 1.54) is 0 Å². The fourth-order valence-electron chi connectivity index (χ4n) is 1.92. The second kappa shape index (κ2) is 12.1. The van der Waals surface area contributed by atoms with Crippen LogP contribution in [0.25, 0.3) is 0 Å². The van der Waals surface area contributed by atoms with Crippen LogP contribution < -0.4 is 5.73 Å². The van der Waals surface area contributed by atoms with Crippen molar-refractivity contribution in [1.82, 2.24) is 9.80 Å². The summed E-state index contributed by atoms with van der Waals surface area (Å²) in [7, 11) is 7.34. The minimum absolute atomic E-state index is 0.0110. The molecule has 0 spiro atoms. The summed E-state index contributed by atoms with van der Waals surface area (Å²) in [5.74, 6) is 0.0110. The number of nitrogens with zero attached hydrogens (tertiary/aromatic N) is 2. The van der Waals surface area contributed by atoms with E-state index in [0.29, 0.717) is 26.2 Å². The molecule has 6 heteroatoms. The van der Waals surface area contributed by atoms with Crippen molar-refractivity contribution in [2.45, 2.75) is 25.3 Å². The first-order valence-electron chi connectivity index (χ1n) is 7.19. The number of nitrogens with two attached hydrogens (primary N) is 1. The van der Waals surface area contributed by atoms with E-state index in [0.717, 1.165) is 25.9 Å². The quantitative estimate of drug-likeness (QED) is 0.519. The molecule has 2 N–H and O–H groups in total. The molecule has 0 saturated heterocycles. The van der Waals surface area contributed by atoms with Crippen molar-refractivity contribution in [2.24, 2.45) is 5.73 Å². The normalized spacial score (nSPS) is 12.7. The number of rotatable bonds is 12. The summed E-state index contributed by atoms with van der Waals surface area (Å²) in [6, 6.07) is -0.443. The summed E-state index contributed by atoms with van der Waals surface area (Å²) in [5.41, 5.74) is 5.96. The summed E-state index contributed by atoms with van der Waals surface area (Å²) >= 11 is 0. The molecule has 0 bridgehead atoms. The van der Waals surface area contributed by atoms with Crippen LogP contribution in [0, 0.1) is 0 Å². The molecule has 1 amide bonds. The van der Waals surface area contributed by atoms with Crippen LogP contribution in [-0.4, -0.2) is 82.9 Å². The highest BCUT2D eigenvalue weighted by Crippen LogP contribution is 2.03. The molecule has 0 aliphatic heterocycles. The number of ether oxygens (including phenoxy) is 2. The highest BCUT2D eigenvalue weighted by Gasteiger charge is 2.20. The smallest absolute Gasteiger partial charge is 0.239 e. The number of amides is 1. The molecule has 1 atom stereocenters. The van der Waals surface area contributed by atoms with Crippen LogP contribution in [0.5, 0.6) is 0 Å². The lowest BCUT2D eigenvalue weighted by molar-refractivity contribution is -0.133. The van der Waals surface area contributed by atoms with Crippen molar-refractivity contribution in [2.75, 3.05) is 61.2 Å². The van der Waals surface area contributed by atoms with Crippen molar-refractivity contribution in [1.29, 1.82) is 0 Å². The Morgan fingerprint density at radius 1 is 1.05 bits per heavy atom. The van der Waals surface area contributed by atoms with Crippen LogP contribution in [0.1, 0.15) is 19.3 Å². The molecule has 1 unspecified atom stereocenters. The van der Waals surface area contributed by atoms with Gasteiger partial charge in [-0.05, 0) is 39.9 Å². The third-order valence-electron chi connectivity index (χ3n) is 3.09. The van der Waals surface area contributed by atoms with E-state index in [1.807, 2.05) is 19.0 Å². The van der Waals surface area contributed by atoms with E-state index in [4.69, 9.17) is 15.2 Å². The average molecular weight is 289 g/mol. The fourth-order valence-corrected chi connectivity index (χ4v) is 1.92. The van der Waals surface area contributed by atoms with Gasteiger partial charge in [-0.3, -0.25) is 4.79 Å². The monoisotopic (exact) mass is 289 g/mol. The Morgan fingerprint density at radius 3 is 2.25 bits per heavy atom. The molecule has 0 saturated carbocycles. The Bertz CT molecular complexity index is 250. The summed E-state index contributed by atoms with van der Waals surface area (Å²) in [6.07, 6.45) is 2.40. The van der Waals surface area contributed by atoms with Crippen LogP contribution in [0.2, 0.25) is 0 Å². The standard InChI is InChI=1S/C14H31N3O3/c1-16(2)8-6-9-17(10-12-20-4)14(18)13(15)7-5-11-19-3/h13H,5-12,15H2,1-4H3. The van der Waals surface area contributed by atoms with Crippen LogP contribution >= 0.6 is 0 Å². The summed E-state index contributed by atoms with van der Waals surface area (Å²) < 4.78 is 10.0. The number of methoxy groups -OCH3 is 2. The van der Waals surface area contributed by atoms with Crippen LogP contribution in [-0.2, 0) is 14.3 Å². The maximum Gasteiger partial charge on any atom is 0.239 e. The van der Waals surface area contributed by atoms with Gasteiger partial charge < -0.3 is 25.0 Å². The van der Waals surface area contributed by atoms with Gasteiger partial charge in [-0.1, -0.05) is 0 Å². The Labute approximate surface area is 123 Å². The summed E-state index contributed by atoms with van der Waals surface area (Å²) in [5, 5.41) is 0. The number of hydrogen-bond acceptors (Lipinski definition) is 5. The van der Waals surface area contributed by atoms with Gasteiger partial charge in [-0.25, -0.2) is 0 Å². The van der Waals surface area contributed by atoms with Gasteiger partial charge in [0.25, 0.3) is 0 Å². The predicted molar refractivity (Wildman–Crippen MR) is 80.7 cm³/mol. The first-order valence-corrected chi connectivity index (χ1v) is 7.19. The lowest BCUT2D eigenvalue weighted by Gasteiger charge is -2.26. The van der Waals surface area contributed by atoms with Gasteiger partial charge in [0.2, 0.25) is 5.91 Å². The van der Waals surface area contributed by atoms with Crippen molar-refractivity contribution in [3.05, 3.63) is 0 Å². The summed E-state index contributed by atoms with van der Waals surface area (Å²) in [4.78, 5) is 16.2. The molecular weight excluding hydrogens is 258 g/mol. The molecule has 0 fully saturated rings. The zero-order valence-electron chi connectivity index (χ0n) is 13.4. The zero-order valence-corrected chi connectivity index (χ0v) is 13.4. The van der Waals surface area contributed by atoms with Crippen LogP contribution in [0.15, 0.2) is 0 Å². The Kier molecular flexibility index (Phi) is 11.7. The molecule has 0 aliphatic carbocycles. The van der Waals surface area contributed by atoms with Crippen molar-refractivity contribution >= 4 is 5.91 Å². The predicted octanol–water partition coefficient (Wildman–Crippen LogP) is 0.167. The first kappa shape index (κ1) is 19.3. The van der Waals surface area contributed by atoms with Gasteiger partial charge in [-0.2, -0.15) is 0 Å². The van der Waals surface area contributed by atoms with E-state index < -0.39 is 6.04 Å². The lowest BCUT2D eigenvalue weighted by atomic mass is 10.1. The third-order valence-corrected chi connectivity index (χ3v) is 3.09. The van der Waals surface area contributed by atoms with Crippen molar-refractivity contribution in [3.63, 3.8) is 0 Å². The van der Waals surface area contributed by atoms with Gasteiger partial charge in [-0.15, -0.1) is 0 Å². The molecule has 20 heavy (non-hydrogen) atoms. The third kappa shape index (κ3) is 9.25. The SMILES string of the molecule is COCCCC(N)C(=O)N(CCCN(C)C)CCOC. The second-order valence-corrected chi connectivity index (χ2v) is 5.22. The highest BCUT2D eigenvalue weighted by atomic mass is 16.5. The van der Waals surface area contributed by atoms with Crippen molar-refractivity contribution in [3.8, 4) is 0 Å². The van der Waals surface area contributed by atoms with E-state index >= 15 is 0 Å². The Morgan fingerprint density at radius 2 is 1.70 bits per heavy atom. The van der Waals surface area contributed by atoms with Crippen molar-refractivity contribution < 1.29 is 14.3 Å². The number of hydrogen-bond donors (Lipinski definition) is 1. The van der Waals surface area contributed by atoms with E-state index in [9.17, 15) is 4.79 Å².